The number of hydroxylamine groups is 2. The van der Waals surface area contributed by atoms with Crippen molar-refractivity contribution in [1.82, 2.24) is 14.9 Å². The molecule has 1 atom stereocenters. The van der Waals surface area contributed by atoms with E-state index in [2.05, 4.69) is 11.8 Å². The summed E-state index contributed by atoms with van der Waals surface area (Å²) in [6.07, 6.45) is -5.42. The van der Waals surface area contributed by atoms with Gasteiger partial charge in [0.25, 0.3) is 5.91 Å². The van der Waals surface area contributed by atoms with E-state index in [1.807, 2.05) is 0 Å². The molecule has 1 saturated heterocycles. The number of amides is 4. The van der Waals surface area contributed by atoms with Gasteiger partial charge in [-0.15, -0.1) is 11.0 Å². The molecule has 0 radical (unpaired) electrons. The number of hydrogen-bond donors (Lipinski definition) is 1. The van der Waals surface area contributed by atoms with Crippen molar-refractivity contribution < 1.29 is 37.5 Å². The quantitative estimate of drug-likeness (QED) is 0.388. The maximum atomic E-state index is 12.8. The Morgan fingerprint density at radius 2 is 1.84 bits per heavy atom. The average Bonchev–Trinajstić information content (AvgIpc) is 3.07. The highest BCUT2D eigenvalue weighted by Crippen LogP contribution is 2.24. The van der Waals surface area contributed by atoms with E-state index in [4.69, 9.17) is 4.74 Å². The van der Waals surface area contributed by atoms with Gasteiger partial charge in [-0.2, -0.15) is 13.2 Å². The van der Waals surface area contributed by atoms with Gasteiger partial charge in [0.1, 0.15) is 18.4 Å². The summed E-state index contributed by atoms with van der Waals surface area (Å²) in [5.74, 6) is 1.23. The summed E-state index contributed by atoms with van der Waals surface area (Å²) in [6.45, 7) is 5.44. The highest BCUT2D eigenvalue weighted by molar-refractivity contribution is 6.00. The van der Waals surface area contributed by atoms with Gasteiger partial charge in [0.15, 0.2) is 0 Å². The Morgan fingerprint density at radius 1 is 1.22 bits per heavy atom. The van der Waals surface area contributed by atoms with Gasteiger partial charge < -0.3 is 14.5 Å². The zero-order chi connectivity index (χ0) is 24.1. The smallest absolute Gasteiger partial charge is 0.474 e. The first-order chi connectivity index (χ1) is 15.0. The van der Waals surface area contributed by atoms with E-state index in [0.717, 1.165) is 10.5 Å². The van der Waals surface area contributed by atoms with E-state index in [-0.39, 0.29) is 26.2 Å². The molecule has 1 unspecified atom stereocenters. The Balaban J connectivity index is 2.08. The molecule has 1 aliphatic rings. The first-order valence-corrected chi connectivity index (χ1v) is 9.78. The van der Waals surface area contributed by atoms with Gasteiger partial charge in [0.2, 0.25) is 0 Å². The number of alkyl halides is 3. The molecule has 0 aromatic heterocycles. The van der Waals surface area contributed by atoms with Crippen LogP contribution in [0.2, 0.25) is 0 Å². The fourth-order valence-corrected chi connectivity index (χ4v) is 3.23. The molecule has 11 heteroatoms. The van der Waals surface area contributed by atoms with Gasteiger partial charge in [-0.05, 0) is 30.5 Å². The fourth-order valence-electron chi connectivity index (χ4n) is 3.23. The third kappa shape index (κ3) is 5.91. The van der Waals surface area contributed by atoms with Crippen LogP contribution in [0.4, 0.5) is 18.0 Å². The number of halogens is 3. The van der Waals surface area contributed by atoms with Gasteiger partial charge in [0.05, 0.1) is 0 Å². The Bertz CT molecular complexity index is 906. The van der Waals surface area contributed by atoms with Crippen molar-refractivity contribution >= 4 is 17.8 Å². The topological polar surface area (TPSA) is 90.4 Å². The van der Waals surface area contributed by atoms with Crippen LogP contribution < -0.4 is 4.74 Å². The lowest BCUT2D eigenvalue weighted by Crippen LogP contribution is -2.55. The first kappa shape index (κ1) is 25.0. The highest BCUT2D eigenvalue weighted by Gasteiger charge is 2.48. The molecular formula is C21H24F3N3O5. The maximum absolute atomic E-state index is 12.8. The molecule has 4 amide bonds. The molecular weight excluding hydrogens is 431 g/mol. The zero-order valence-electron chi connectivity index (χ0n) is 17.8. The molecule has 0 bridgehead atoms. The summed E-state index contributed by atoms with van der Waals surface area (Å²) in [4.78, 5) is 39.0. The Kier molecular flexibility index (Phi) is 8.10. The van der Waals surface area contributed by atoms with Crippen LogP contribution in [-0.2, 0) is 16.1 Å². The second-order valence-electron chi connectivity index (χ2n) is 7.40. The van der Waals surface area contributed by atoms with Crippen molar-refractivity contribution in [2.45, 2.75) is 39.5 Å². The molecule has 0 aliphatic carbocycles. The monoisotopic (exact) mass is 455 g/mol. The molecule has 8 nitrogen and oxygen atoms in total. The summed E-state index contributed by atoms with van der Waals surface area (Å²) in [6, 6.07) is 4.94. The Morgan fingerprint density at radius 3 is 2.38 bits per heavy atom. The molecule has 32 heavy (non-hydrogen) atoms. The predicted molar refractivity (Wildman–Crippen MR) is 106 cm³/mol. The Labute approximate surface area is 183 Å². The van der Waals surface area contributed by atoms with E-state index in [1.54, 1.807) is 31.2 Å². The largest absolute Gasteiger partial charge is 0.481 e. The van der Waals surface area contributed by atoms with Crippen LogP contribution in [0.3, 0.4) is 0 Å². The van der Waals surface area contributed by atoms with Crippen LogP contribution in [0.25, 0.3) is 0 Å². The van der Waals surface area contributed by atoms with Gasteiger partial charge >= 0.3 is 18.1 Å². The number of imide groups is 1. The summed E-state index contributed by atoms with van der Waals surface area (Å²) in [5.41, 5.74) is 0.776. The second kappa shape index (κ2) is 10.4. The van der Waals surface area contributed by atoms with E-state index in [9.17, 15) is 32.8 Å². The third-order valence-electron chi connectivity index (χ3n) is 4.78. The van der Waals surface area contributed by atoms with Crippen molar-refractivity contribution in [3.05, 3.63) is 29.8 Å². The van der Waals surface area contributed by atoms with E-state index in [1.165, 1.54) is 18.7 Å². The van der Waals surface area contributed by atoms with Crippen LogP contribution >= 0.6 is 0 Å². The number of hydrogen-bond acceptors (Lipinski definition) is 5. The number of ether oxygens (including phenoxy) is 1. The lowest BCUT2D eigenvalue weighted by atomic mass is 10.0. The molecule has 174 valence electrons. The molecule has 1 aliphatic heterocycles. The van der Waals surface area contributed by atoms with Crippen molar-refractivity contribution in [3.8, 4) is 17.6 Å². The first-order valence-electron chi connectivity index (χ1n) is 9.78. The van der Waals surface area contributed by atoms with Gasteiger partial charge in [-0.1, -0.05) is 31.9 Å². The highest BCUT2D eigenvalue weighted by atomic mass is 19.4. The van der Waals surface area contributed by atoms with Crippen LogP contribution in [0.5, 0.6) is 5.75 Å². The summed E-state index contributed by atoms with van der Waals surface area (Å²) in [7, 11) is 0. The van der Waals surface area contributed by atoms with Gasteiger partial charge in [-0.25, -0.2) is 4.79 Å². The fraction of sp³-hybridized carbons (Fsp3) is 0.476. The average molecular weight is 455 g/mol. The number of benzene rings is 1. The molecule has 0 saturated carbocycles. The molecule has 1 aromatic rings. The van der Waals surface area contributed by atoms with Gasteiger partial charge in [0, 0.05) is 19.6 Å². The van der Waals surface area contributed by atoms with E-state index >= 15 is 0 Å². The van der Waals surface area contributed by atoms with E-state index < -0.39 is 41.0 Å². The molecule has 1 heterocycles. The van der Waals surface area contributed by atoms with Crippen molar-refractivity contribution in [3.63, 3.8) is 0 Å². The van der Waals surface area contributed by atoms with Crippen molar-refractivity contribution in [2.75, 3.05) is 19.7 Å². The molecule has 2 rings (SSSR count). The summed E-state index contributed by atoms with van der Waals surface area (Å²) >= 11 is 0. The lowest BCUT2D eigenvalue weighted by Gasteiger charge is -2.31. The maximum Gasteiger partial charge on any atom is 0.474 e. The summed E-state index contributed by atoms with van der Waals surface area (Å²) < 4.78 is 43.2. The number of carbonyl (C=O) groups is 3. The molecule has 0 spiro atoms. The number of rotatable bonds is 7. The standard InChI is InChI=1S/C21H24F3N3O5/c1-4-5-12-32-16-8-6-15(7-9-16)13-25-10-11-26(20(25)30)17(14(2)3)18(28)27(31)19(29)21(22,23)24/h6-9,14,17,31H,10-13H2,1-3H3. The lowest BCUT2D eigenvalue weighted by molar-refractivity contribution is -0.218. The number of carbonyl (C=O) groups excluding carboxylic acids is 3. The number of urea groups is 1. The van der Waals surface area contributed by atoms with E-state index in [0.29, 0.717) is 5.75 Å². The van der Waals surface area contributed by atoms with Crippen LogP contribution in [0, 0.1) is 17.8 Å². The zero-order valence-corrected chi connectivity index (χ0v) is 17.8. The van der Waals surface area contributed by atoms with Crippen molar-refractivity contribution in [2.24, 2.45) is 5.92 Å². The van der Waals surface area contributed by atoms with Gasteiger partial charge in [-0.3, -0.25) is 14.8 Å². The van der Waals surface area contributed by atoms with Crippen molar-refractivity contribution in [1.29, 1.82) is 0 Å². The number of nitrogens with zero attached hydrogens (tertiary/aromatic N) is 3. The summed E-state index contributed by atoms with van der Waals surface area (Å²) in [5, 5.41) is 8.58. The SMILES string of the molecule is CC#CCOc1ccc(CN2CCN(C(C(=O)N(O)C(=O)C(F)(F)F)C(C)C)C2=O)cc1. The second-order valence-corrected chi connectivity index (χ2v) is 7.40. The minimum atomic E-state index is -5.42. The predicted octanol–water partition coefficient (Wildman–Crippen LogP) is 2.66. The minimum absolute atomic E-state index is 0.0539. The minimum Gasteiger partial charge on any atom is -0.481 e. The third-order valence-corrected chi connectivity index (χ3v) is 4.78. The Hall–Kier alpha value is -3.26. The molecule has 1 N–H and O–H groups in total. The molecule has 1 fully saturated rings. The van der Waals surface area contributed by atoms with Crippen LogP contribution in [0.1, 0.15) is 26.3 Å². The molecule has 1 aromatic carbocycles. The van der Waals surface area contributed by atoms with Crippen LogP contribution in [0.15, 0.2) is 24.3 Å². The van der Waals surface area contributed by atoms with Crippen LogP contribution in [-0.4, -0.2) is 69.8 Å². The normalized spacial score (nSPS) is 14.8.